The van der Waals surface area contributed by atoms with E-state index in [0.717, 1.165) is 29.5 Å². The number of ketones is 1. The van der Waals surface area contributed by atoms with Gasteiger partial charge in [0.25, 0.3) is 0 Å². The Balaban J connectivity index is 1.19. The van der Waals surface area contributed by atoms with E-state index in [9.17, 15) is 24.0 Å². The number of nitrogens with zero attached hydrogens (tertiary/aromatic N) is 1. The van der Waals surface area contributed by atoms with Crippen LogP contribution in [0.25, 0.3) is 0 Å². The lowest BCUT2D eigenvalue weighted by Gasteiger charge is -2.38. The second-order valence-corrected chi connectivity index (χ2v) is 20.1. The number of ether oxygens (including phenoxy) is 8. The van der Waals surface area contributed by atoms with Crippen molar-refractivity contribution in [2.24, 2.45) is 5.92 Å². The van der Waals surface area contributed by atoms with E-state index in [-0.39, 0.29) is 75.1 Å². The van der Waals surface area contributed by atoms with E-state index in [1.807, 2.05) is 78.9 Å². The van der Waals surface area contributed by atoms with Gasteiger partial charge >= 0.3 is 5.97 Å². The van der Waals surface area contributed by atoms with Crippen LogP contribution in [0.4, 0.5) is 0 Å². The summed E-state index contributed by atoms with van der Waals surface area (Å²) < 4.78 is 46.2. The average molecular weight is 1090 g/mol. The van der Waals surface area contributed by atoms with Crippen LogP contribution in [-0.2, 0) is 58.0 Å². The molecule has 1 saturated heterocycles. The van der Waals surface area contributed by atoms with Gasteiger partial charge in [0, 0.05) is 38.9 Å². The number of nitrogens with one attached hydrogen (secondary N) is 2. The predicted molar refractivity (Wildman–Crippen MR) is 302 cm³/mol. The summed E-state index contributed by atoms with van der Waals surface area (Å²) in [5, 5.41) is 5.91. The molecule has 78 heavy (non-hydrogen) atoms. The molecule has 4 rings (SSSR count). The summed E-state index contributed by atoms with van der Waals surface area (Å²) >= 11 is 0. The molecular formula is C62H93N3O13. The van der Waals surface area contributed by atoms with Crippen molar-refractivity contribution >= 4 is 29.5 Å². The smallest absolute Gasteiger partial charge is 0.306 e. The normalized spacial score (nSPS) is 13.2. The number of esters is 1. The van der Waals surface area contributed by atoms with Gasteiger partial charge in [-0.05, 0) is 73.1 Å². The Hall–Kier alpha value is -5.39. The van der Waals surface area contributed by atoms with Gasteiger partial charge in [0.2, 0.25) is 17.7 Å². The Labute approximate surface area is 465 Å². The maximum absolute atomic E-state index is 14.6. The fourth-order valence-electron chi connectivity index (χ4n) is 9.41. The van der Waals surface area contributed by atoms with Crippen LogP contribution in [0.2, 0.25) is 0 Å². The van der Waals surface area contributed by atoms with Crippen molar-refractivity contribution < 1.29 is 61.9 Å². The van der Waals surface area contributed by atoms with E-state index in [1.54, 1.807) is 19.1 Å². The van der Waals surface area contributed by atoms with Gasteiger partial charge in [0.05, 0.1) is 86.7 Å². The average Bonchev–Trinajstić information content (AvgIpc) is 3.59. The van der Waals surface area contributed by atoms with Crippen LogP contribution in [0.5, 0.6) is 11.5 Å². The minimum absolute atomic E-state index is 0.00605. The Bertz CT molecular complexity index is 2050. The third-order valence-electron chi connectivity index (χ3n) is 14.0. The fourth-order valence-corrected chi connectivity index (χ4v) is 9.41. The van der Waals surface area contributed by atoms with E-state index >= 15 is 0 Å². The molecule has 0 saturated carbocycles. The predicted octanol–water partition coefficient (Wildman–Crippen LogP) is 9.70. The molecule has 0 radical (unpaired) electrons. The standard InChI is InChI=1S/C62H93N3O13/c1-5-6-7-8-9-10-11-12-13-14-15-16-20-23-58(67)63-37-41-74-43-45-76-47-46-75-44-42-73-40-36-59(68)64-57(61(70)65-38-34-51(35-39-65)48-77-60(69)33-24-50(2)66)49-78-62(52-21-18-17-19-22-52,53-25-29-55(71-3)30-26-53)54-27-31-56(72-4)32-28-54/h17-19,21-22,25-32,51,57H,5-16,20,23-24,33-49H2,1-4H3,(H,63,67)(H,64,68)/t57-/m0/s1. The Morgan fingerprint density at radius 2 is 1.05 bits per heavy atom. The summed E-state index contributed by atoms with van der Waals surface area (Å²) in [4.78, 5) is 65.7. The molecule has 0 aromatic heterocycles. The monoisotopic (exact) mass is 1090 g/mol. The van der Waals surface area contributed by atoms with Crippen LogP contribution in [0.1, 0.15) is 153 Å². The summed E-state index contributed by atoms with van der Waals surface area (Å²) in [6.45, 7) is 7.67. The molecule has 16 nitrogen and oxygen atoms in total. The van der Waals surface area contributed by atoms with Gasteiger partial charge in [0.1, 0.15) is 28.9 Å². The molecule has 1 fully saturated rings. The number of likely N-dealkylation sites (tertiary alicyclic amines) is 1. The molecule has 434 valence electrons. The first-order valence-electron chi connectivity index (χ1n) is 28.9. The Kier molecular flexibility index (Phi) is 33.3. The molecule has 0 bridgehead atoms. The zero-order valence-corrected chi connectivity index (χ0v) is 47.5. The van der Waals surface area contributed by atoms with E-state index < -0.39 is 17.6 Å². The lowest BCUT2D eigenvalue weighted by Crippen LogP contribution is -2.54. The minimum Gasteiger partial charge on any atom is -0.497 e. The summed E-state index contributed by atoms with van der Waals surface area (Å²) in [5.41, 5.74) is 1.11. The van der Waals surface area contributed by atoms with Crippen LogP contribution in [0.15, 0.2) is 78.9 Å². The third-order valence-corrected chi connectivity index (χ3v) is 14.0. The van der Waals surface area contributed by atoms with E-state index in [0.29, 0.717) is 90.0 Å². The number of unbranched alkanes of at least 4 members (excludes halogenated alkanes) is 12. The highest BCUT2D eigenvalue weighted by molar-refractivity contribution is 5.88. The number of hydrogen-bond donors (Lipinski definition) is 2. The number of carbonyl (C=O) groups excluding carboxylic acids is 5. The van der Waals surface area contributed by atoms with Gasteiger partial charge in [-0.15, -0.1) is 0 Å². The Morgan fingerprint density at radius 1 is 0.564 bits per heavy atom. The number of methoxy groups -OCH3 is 2. The van der Waals surface area contributed by atoms with Crippen molar-refractivity contribution in [2.75, 3.05) is 99.9 Å². The first-order chi connectivity index (χ1) is 38.1. The zero-order chi connectivity index (χ0) is 55.9. The van der Waals surface area contributed by atoms with Crippen LogP contribution in [0.3, 0.4) is 0 Å². The summed E-state index contributed by atoms with van der Waals surface area (Å²) in [5.74, 6) is 0.284. The highest BCUT2D eigenvalue weighted by Gasteiger charge is 2.40. The molecule has 0 aliphatic carbocycles. The molecule has 0 spiro atoms. The highest BCUT2D eigenvalue weighted by atomic mass is 16.6. The lowest BCUT2D eigenvalue weighted by atomic mass is 9.80. The maximum Gasteiger partial charge on any atom is 0.306 e. The number of rotatable bonds is 44. The van der Waals surface area contributed by atoms with Gasteiger partial charge in [-0.1, -0.05) is 139 Å². The van der Waals surface area contributed by atoms with Crippen LogP contribution < -0.4 is 20.1 Å². The molecule has 3 aromatic carbocycles. The molecule has 3 amide bonds. The maximum atomic E-state index is 14.6. The van der Waals surface area contributed by atoms with E-state index in [1.165, 1.54) is 77.6 Å². The fraction of sp³-hybridized carbons (Fsp3) is 0.629. The second-order valence-electron chi connectivity index (χ2n) is 20.1. The van der Waals surface area contributed by atoms with Crippen LogP contribution >= 0.6 is 0 Å². The molecule has 1 atom stereocenters. The molecule has 16 heteroatoms. The van der Waals surface area contributed by atoms with Crippen molar-refractivity contribution in [3.8, 4) is 11.5 Å². The summed E-state index contributed by atoms with van der Waals surface area (Å²) in [6, 6.07) is 23.8. The van der Waals surface area contributed by atoms with Crippen molar-refractivity contribution in [1.29, 1.82) is 0 Å². The number of benzene rings is 3. The molecule has 1 heterocycles. The quantitative estimate of drug-likeness (QED) is 0.0310. The first-order valence-corrected chi connectivity index (χ1v) is 28.9. The molecule has 0 unspecified atom stereocenters. The number of hydrogen-bond acceptors (Lipinski definition) is 13. The topological polar surface area (TPSA) is 186 Å². The third kappa shape index (κ3) is 25.6. The highest BCUT2D eigenvalue weighted by Crippen LogP contribution is 2.42. The molecular weight excluding hydrogens is 995 g/mol. The van der Waals surface area contributed by atoms with Gasteiger partial charge in [-0.25, -0.2) is 0 Å². The van der Waals surface area contributed by atoms with Gasteiger partial charge < -0.3 is 58.2 Å². The first kappa shape index (κ1) is 65.1. The van der Waals surface area contributed by atoms with Crippen molar-refractivity contribution in [3.63, 3.8) is 0 Å². The number of piperidine rings is 1. The zero-order valence-electron chi connectivity index (χ0n) is 47.5. The number of Topliss-reactive ketones (excluding diaryl/α,β-unsaturated/α-hetero) is 1. The summed E-state index contributed by atoms with van der Waals surface area (Å²) in [7, 11) is 3.21. The van der Waals surface area contributed by atoms with Crippen molar-refractivity contribution in [3.05, 3.63) is 95.6 Å². The number of carbonyl (C=O) groups is 5. The number of amides is 3. The molecule has 2 N–H and O–H groups in total. The van der Waals surface area contributed by atoms with Crippen LogP contribution in [0, 0.1) is 5.92 Å². The van der Waals surface area contributed by atoms with Crippen LogP contribution in [-0.4, -0.2) is 140 Å². The van der Waals surface area contributed by atoms with E-state index in [4.69, 9.17) is 37.9 Å². The lowest BCUT2D eigenvalue weighted by molar-refractivity contribution is -0.147. The van der Waals surface area contributed by atoms with Gasteiger partial charge in [-0.3, -0.25) is 19.2 Å². The molecule has 3 aromatic rings. The van der Waals surface area contributed by atoms with Gasteiger partial charge in [0.15, 0.2) is 0 Å². The Morgan fingerprint density at radius 3 is 1.56 bits per heavy atom. The van der Waals surface area contributed by atoms with Crippen molar-refractivity contribution in [1.82, 2.24) is 15.5 Å². The molecule has 1 aliphatic rings. The summed E-state index contributed by atoms with van der Waals surface area (Å²) in [6.07, 6.45) is 18.6. The SMILES string of the molecule is CCCCCCCCCCCCCCCC(=O)NCCOCCOCCOCCOCCC(=O)N[C@@H](COC(c1ccccc1)(c1ccc(OC)cc1)c1ccc(OC)cc1)C(=O)N1CCC(COC(=O)CCC(C)=O)CC1. The minimum atomic E-state index is -1.24. The van der Waals surface area contributed by atoms with Gasteiger partial charge in [-0.2, -0.15) is 0 Å². The second kappa shape index (κ2) is 39.9. The largest absolute Gasteiger partial charge is 0.497 e. The molecule has 1 aliphatic heterocycles. The van der Waals surface area contributed by atoms with E-state index in [2.05, 4.69) is 17.6 Å². The van der Waals surface area contributed by atoms with Crippen molar-refractivity contribution in [2.45, 2.75) is 147 Å².